The number of hydrogen-bond donors (Lipinski definition) is 0. The Morgan fingerprint density at radius 2 is 0.845 bits per heavy atom. The molecule has 0 saturated carbocycles. The van der Waals surface area contributed by atoms with Crippen LogP contribution in [0.2, 0.25) is 0 Å². The standard InChI is InChI=1S/C52H34N6/c1-5-17-35(18-6-1)43-33-46(36-19-7-2-8-20-36)51-55-49(56-57(51)34-43)42-28-16-26-40(32-42)39-25-15-27-41(31-39)47-44-29-13-14-30-45(44)52-54-48(37-21-9-3-10-22-37)53-50(58(47)52)38-23-11-4-12-24-38/h1-34H. The average Bonchev–Trinajstić information content (AvgIpc) is 3.90. The molecule has 4 heterocycles. The Morgan fingerprint density at radius 3 is 1.53 bits per heavy atom. The van der Waals surface area contributed by atoms with E-state index in [-0.39, 0.29) is 0 Å². The van der Waals surface area contributed by atoms with Crippen LogP contribution in [0.5, 0.6) is 0 Å². The second kappa shape index (κ2) is 14.0. The predicted octanol–water partition coefficient (Wildman–Crippen LogP) is 12.6. The van der Waals surface area contributed by atoms with Gasteiger partial charge in [-0.2, -0.15) is 0 Å². The Morgan fingerprint density at radius 1 is 0.328 bits per heavy atom. The van der Waals surface area contributed by atoms with Crippen LogP contribution < -0.4 is 0 Å². The van der Waals surface area contributed by atoms with E-state index in [1.165, 1.54) is 0 Å². The van der Waals surface area contributed by atoms with E-state index in [1.807, 2.05) is 40.9 Å². The van der Waals surface area contributed by atoms with Crippen molar-refractivity contribution in [2.45, 2.75) is 0 Å². The molecular formula is C52H34N6. The molecule has 4 aromatic heterocycles. The van der Waals surface area contributed by atoms with Crippen molar-refractivity contribution in [3.63, 3.8) is 0 Å². The molecule has 7 aromatic carbocycles. The number of fused-ring (bicyclic) bond motifs is 4. The molecule has 0 saturated heterocycles. The number of hydrogen-bond acceptors (Lipinski definition) is 4. The van der Waals surface area contributed by atoms with Crippen LogP contribution >= 0.6 is 0 Å². The van der Waals surface area contributed by atoms with Gasteiger partial charge in [-0.3, -0.25) is 4.40 Å². The molecule has 0 aliphatic carbocycles. The van der Waals surface area contributed by atoms with Crippen molar-refractivity contribution in [2.75, 3.05) is 0 Å². The first-order chi connectivity index (χ1) is 28.7. The molecule has 0 spiro atoms. The summed E-state index contributed by atoms with van der Waals surface area (Å²) in [6, 6.07) is 69.4. The van der Waals surface area contributed by atoms with E-state index in [0.29, 0.717) is 11.6 Å². The van der Waals surface area contributed by atoms with Gasteiger partial charge >= 0.3 is 0 Å². The van der Waals surface area contributed by atoms with Gasteiger partial charge in [0.25, 0.3) is 0 Å². The molecule has 6 heteroatoms. The number of benzene rings is 7. The molecular weight excluding hydrogens is 709 g/mol. The van der Waals surface area contributed by atoms with Gasteiger partial charge in [0.1, 0.15) is 11.5 Å². The zero-order valence-electron chi connectivity index (χ0n) is 31.3. The van der Waals surface area contributed by atoms with Crippen LogP contribution in [-0.2, 0) is 0 Å². The van der Waals surface area contributed by atoms with Gasteiger partial charge < -0.3 is 0 Å². The van der Waals surface area contributed by atoms with Crippen molar-refractivity contribution >= 4 is 22.1 Å². The summed E-state index contributed by atoms with van der Waals surface area (Å²) in [7, 11) is 0. The third-order valence-corrected chi connectivity index (χ3v) is 10.8. The molecule has 0 aliphatic rings. The first-order valence-electron chi connectivity index (χ1n) is 19.4. The summed E-state index contributed by atoms with van der Waals surface area (Å²) < 4.78 is 4.16. The minimum Gasteiger partial charge on any atom is -0.277 e. The lowest BCUT2D eigenvalue weighted by Crippen LogP contribution is -2.03. The smallest absolute Gasteiger partial charge is 0.182 e. The zero-order valence-corrected chi connectivity index (χ0v) is 31.3. The summed E-state index contributed by atoms with van der Waals surface area (Å²) in [5.41, 5.74) is 13.2. The Hall–Kier alpha value is -7.96. The van der Waals surface area contributed by atoms with E-state index in [2.05, 4.69) is 174 Å². The SMILES string of the molecule is c1ccc(-c2cc(-c3ccccc3)c3nc(-c4cccc(-c5cccc(-c6c7ccccc7c7nc(-c8ccccc8)nc(-c8ccccc8)n67)c5)c4)nn3c2)cc1. The fourth-order valence-corrected chi connectivity index (χ4v) is 8.02. The number of nitrogens with zero attached hydrogens (tertiary/aromatic N) is 6. The molecule has 58 heavy (non-hydrogen) atoms. The lowest BCUT2D eigenvalue weighted by Gasteiger charge is -2.13. The topological polar surface area (TPSA) is 60.4 Å². The Kier molecular flexibility index (Phi) is 8.04. The molecule has 11 rings (SSSR count). The van der Waals surface area contributed by atoms with Crippen LogP contribution in [0.4, 0.5) is 0 Å². The summed E-state index contributed by atoms with van der Waals surface area (Å²) in [6.07, 6.45) is 2.07. The Labute approximate surface area is 335 Å². The molecule has 0 atom stereocenters. The van der Waals surface area contributed by atoms with E-state index in [9.17, 15) is 0 Å². The van der Waals surface area contributed by atoms with Gasteiger partial charge in [0, 0.05) is 44.8 Å². The molecule has 0 aliphatic heterocycles. The summed E-state index contributed by atoms with van der Waals surface area (Å²) in [5.74, 6) is 2.20. The zero-order chi connectivity index (χ0) is 38.4. The van der Waals surface area contributed by atoms with Crippen molar-refractivity contribution in [1.82, 2.24) is 29.0 Å². The van der Waals surface area contributed by atoms with Crippen molar-refractivity contribution in [3.8, 4) is 78.8 Å². The highest BCUT2D eigenvalue weighted by atomic mass is 15.3. The van der Waals surface area contributed by atoms with Gasteiger partial charge in [0.05, 0.1) is 5.69 Å². The maximum Gasteiger partial charge on any atom is 0.182 e. The average molecular weight is 743 g/mol. The highest BCUT2D eigenvalue weighted by Crippen LogP contribution is 2.39. The molecule has 0 N–H and O–H groups in total. The summed E-state index contributed by atoms with van der Waals surface area (Å²) in [5, 5.41) is 7.26. The van der Waals surface area contributed by atoms with Crippen LogP contribution in [0.25, 0.3) is 101 Å². The van der Waals surface area contributed by atoms with E-state index < -0.39 is 0 Å². The van der Waals surface area contributed by atoms with Crippen LogP contribution in [-0.4, -0.2) is 29.0 Å². The first-order valence-corrected chi connectivity index (χ1v) is 19.4. The third kappa shape index (κ3) is 5.83. The van der Waals surface area contributed by atoms with Gasteiger partial charge in [-0.1, -0.05) is 182 Å². The van der Waals surface area contributed by atoms with E-state index in [0.717, 1.165) is 89.2 Å². The van der Waals surface area contributed by atoms with Crippen molar-refractivity contribution in [1.29, 1.82) is 0 Å². The molecule has 0 radical (unpaired) electrons. The third-order valence-electron chi connectivity index (χ3n) is 10.8. The molecule has 0 fully saturated rings. The largest absolute Gasteiger partial charge is 0.277 e. The highest BCUT2D eigenvalue weighted by Gasteiger charge is 2.21. The fourth-order valence-electron chi connectivity index (χ4n) is 8.02. The molecule has 0 bridgehead atoms. The monoisotopic (exact) mass is 742 g/mol. The Balaban J connectivity index is 1.05. The maximum atomic E-state index is 5.25. The maximum absolute atomic E-state index is 5.25. The number of rotatable bonds is 7. The second-order valence-electron chi connectivity index (χ2n) is 14.4. The van der Waals surface area contributed by atoms with Crippen LogP contribution in [0.1, 0.15) is 0 Å². The fraction of sp³-hybridized carbons (Fsp3) is 0. The number of aromatic nitrogens is 6. The Bertz CT molecular complexity index is 3260. The van der Waals surface area contributed by atoms with Crippen molar-refractivity contribution in [2.24, 2.45) is 0 Å². The van der Waals surface area contributed by atoms with Gasteiger partial charge in [-0.05, 0) is 46.0 Å². The van der Waals surface area contributed by atoms with Crippen LogP contribution in [0.3, 0.4) is 0 Å². The molecule has 11 aromatic rings. The number of pyridine rings is 1. The van der Waals surface area contributed by atoms with Crippen LogP contribution in [0.15, 0.2) is 206 Å². The first kappa shape index (κ1) is 33.4. The lowest BCUT2D eigenvalue weighted by atomic mass is 9.98. The molecule has 6 nitrogen and oxygen atoms in total. The van der Waals surface area contributed by atoms with E-state index in [4.69, 9.17) is 20.1 Å². The minimum absolute atomic E-state index is 0.669. The second-order valence-corrected chi connectivity index (χ2v) is 14.4. The van der Waals surface area contributed by atoms with E-state index in [1.54, 1.807) is 0 Å². The molecule has 0 unspecified atom stereocenters. The summed E-state index contributed by atoms with van der Waals surface area (Å²) in [4.78, 5) is 15.6. The van der Waals surface area contributed by atoms with Crippen molar-refractivity contribution in [3.05, 3.63) is 206 Å². The summed E-state index contributed by atoms with van der Waals surface area (Å²) >= 11 is 0. The normalized spacial score (nSPS) is 11.4. The molecule has 272 valence electrons. The van der Waals surface area contributed by atoms with Gasteiger partial charge in [0.2, 0.25) is 0 Å². The highest BCUT2D eigenvalue weighted by molar-refractivity contribution is 6.06. The van der Waals surface area contributed by atoms with Gasteiger partial charge in [-0.25, -0.2) is 19.5 Å². The quantitative estimate of drug-likeness (QED) is 0.163. The summed E-state index contributed by atoms with van der Waals surface area (Å²) in [6.45, 7) is 0. The van der Waals surface area contributed by atoms with Gasteiger partial charge in [0.15, 0.2) is 17.3 Å². The van der Waals surface area contributed by atoms with Crippen molar-refractivity contribution < 1.29 is 0 Å². The van der Waals surface area contributed by atoms with E-state index >= 15 is 0 Å². The van der Waals surface area contributed by atoms with Crippen LogP contribution in [0, 0.1) is 0 Å². The molecule has 0 amide bonds. The predicted molar refractivity (Wildman–Crippen MR) is 235 cm³/mol. The minimum atomic E-state index is 0.669. The lowest BCUT2D eigenvalue weighted by molar-refractivity contribution is 0.968. The van der Waals surface area contributed by atoms with Gasteiger partial charge in [-0.15, -0.1) is 5.10 Å².